The summed E-state index contributed by atoms with van der Waals surface area (Å²) in [7, 11) is 0. The Bertz CT molecular complexity index is 2030. The molecule has 1 aromatic heterocycles. The van der Waals surface area contributed by atoms with Crippen LogP contribution in [0.15, 0.2) is 82.6 Å². The van der Waals surface area contributed by atoms with Gasteiger partial charge in [0.15, 0.2) is 6.61 Å². The van der Waals surface area contributed by atoms with Crippen molar-refractivity contribution >= 4 is 52.2 Å². The van der Waals surface area contributed by atoms with Crippen molar-refractivity contribution in [3.63, 3.8) is 0 Å². The van der Waals surface area contributed by atoms with Gasteiger partial charge in [0.05, 0.1) is 28.1 Å². The highest BCUT2D eigenvalue weighted by Gasteiger charge is 2.70. The highest BCUT2D eigenvalue weighted by molar-refractivity contribution is 8.00. The molecule has 2 aliphatic heterocycles. The first-order chi connectivity index (χ1) is 23.0. The lowest BCUT2D eigenvalue weighted by atomic mass is 9.68. The Balaban J connectivity index is 1.07. The van der Waals surface area contributed by atoms with Crippen LogP contribution in [0.3, 0.4) is 0 Å². The van der Waals surface area contributed by atoms with Crippen LogP contribution < -0.4 is 19.8 Å². The summed E-state index contributed by atoms with van der Waals surface area (Å²) in [5.74, 6) is -3.33. The number of aryl methyl sites for hydroxylation is 1. The van der Waals surface area contributed by atoms with Crippen molar-refractivity contribution in [3.05, 3.63) is 104 Å². The van der Waals surface area contributed by atoms with E-state index in [9.17, 15) is 32.3 Å². The number of hydrogen-bond donors (Lipinski definition) is 2. The number of aromatic nitrogens is 1. The van der Waals surface area contributed by atoms with Crippen LogP contribution in [0.25, 0.3) is 0 Å². The van der Waals surface area contributed by atoms with E-state index in [0.717, 1.165) is 43.3 Å². The fraction of sp³-hybridized carbons (Fsp3) is 0.314. The second kappa shape index (κ2) is 11.4. The standard InChI is InChI=1S/C35H28F3N3O5S2/c1-16-6-2-4-8-22(16)39-24(42)15-46-18-12-10-17(11-13-18)25-26-19-14-20(29(26)47-31-30(25)48-34(45)40-31)28-27(19)32(43)41(33(28)44)23-9-5-3-7-21(23)35(36,37)38/h2-13,19-20,25-29H,14-15H2,1H3,(H,39,42)(H,40,45)/t19-,20-,25-,26?,27?,28?,29?/m1/s1. The quantitative estimate of drug-likeness (QED) is 0.225. The summed E-state index contributed by atoms with van der Waals surface area (Å²) in [5, 5.41) is 3.45. The molecule has 48 heavy (non-hydrogen) atoms. The number of nitrogens with zero attached hydrogens (tertiary/aromatic N) is 1. The third-order valence-corrected chi connectivity index (χ3v) is 12.8. The summed E-state index contributed by atoms with van der Waals surface area (Å²) in [6, 6.07) is 19.5. The number of imide groups is 1. The summed E-state index contributed by atoms with van der Waals surface area (Å²) in [6.45, 7) is 1.70. The summed E-state index contributed by atoms with van der Waals surface area (Å²) < 4.78 is 47.6. The van der Waals surface area contributed by atoms with E-state index in [1.165, 1.54) is 30.0 Å². The minimum absolute atomic E-state index is 0.116. The van der Waals surface area contributed by atoms with E-state index in [1.54, 1.807) is 12.1 Å². The maximum absolute atomic E-state index is 14.0. The number of halogens is 3. The number of fused-ring (bicyclic) bond motifs is 9. The molecule has 7 atom stereocenters. The molecule has 4 unspecified atom stereocenters. The molecule has 2 N–H and O–H groups in total. The van der Waals surface area contributed by atoms with Crippen molar-refractivity contribution < 1.29 is 32.3 Å². The highest BCUT2D eigenvalue weighted by Crippen LogP contribution is 2.68. The Kier molecular flexibility index (Phi) is 7.33. The van der Waals surface area contributed by atoms with Gasteiger partial charge in [-0.05, 0) is 72.6 Å². The molecular weight excluding hydrogens is 664 g/mol. The minimum Gasteiger partial charge on any atom is -0.484 e. The summed E-state index contributed by atoms with van der Waals surface area (Å²) in [5.41, 5.74) is 1.08. The van der Waals surface area contributed by atoms with Crippen molar-refractivity contribution in [2.24, 2.45) is 29.6 Å². The smallest absolute Gasteiger partial charge is 0.418 e. The topological polar surface area (TPSA) is 109 Å². The van der Waals surface area contributed by atoms with Crippen LogP contribution in [0.4, 0.5) is 24.5 Å². The molecule has 2 bridgehead atoms. The van der Waals surface area contributed by atoms with Crippen molar-refractivity contribution in [2.75, 3.05) is 16.8 Å². The number of ether oxygens (including phenoxy) is 1. The molecule has 246 valence electrons. The van der Waals surface area contributed by atoms with Gasteiger partial charge in [-0.3, -0.25) is 19.2 Å². The first-order valence-corrected chi connectivity index (χ1v) is 17.2. The number of hydrogen-bond acceptors (Lipinski definition) is 7. The minimum atomic E-state index is -4.73. The zero-order chi connectivity index (χ0) is 33.5. The Labute approximate surface area is 280 Å². The van der Waals surface area contributed by atoms with Crippen molar-refractivity contribution in [2.45, 2.75) is 35.7 Å². The monoisotopic (exact) mass is 691 g/mol. The van der Waals surface area contributed by atoms with Gasteiger partial charge in [-0.1, -0.05) is 53.8 Å². The van der Waals surface area contributed by atoms with Crippen molar-refractivity contribution in [3.8, 4) is 5.75 Å². The summed E-state index contributed by atoms with van der Waals surface area (Å²) in [6.07, 6.45) is -4.12. The van der Waals surface area contributed by atoms with Crippen LogP contribution >= 0.6 is 23.1 Å². The van der Waals surface area contributed by atoms with Gasteiger partial charge in [0.25, 0.3) is 5.91 Å². The molecule has 1 saturated heterocycles. The number of carbonyl (C=O) groups is 3. The van der Waals surface area contributed by atoms with Gasteiger partial charge in [0.2, 0.25) is 11.8 Å². The molecule has 3 aromatic carbocycles. The molecule has 2 aliphatic carbocycles. The van der Waals surface area contributed by atoms with Crippen LogP contribution in [-0.2, 0) is 20.6 Å². The van der Waals surface area contributed by atoms with Gasteiger partial charge in [-0.2, -0.15) is 13.2 Å². The third kappa shape index (κ3) is 4.89. The SMILES string of the molecule is Cc1ccccc1NC(=O)COc1ccc([C@H]2c3sc(=O)[nH]c3SC3C2[C@H]2C[C@@H]3C3C(=O)N(c4ccccc4C(F)(F)F)C(=O)C32)cc1. The molecular formula is C35H28F3N3O5S2. The maximum atomic E-state index is 14.0. The molecule has 8 nitrogen and oxygen atoms in total. The number of aromatic amines is 1. The molecule has 2 saturated carbocycles. The lowest BCUT2D eigenvalue weighted by Crippen LogP contribution is -2.42. The van der Waals surface area contributed by atoms with Crippen LogP contribution in [0.2, 0.25) is 0 Å². The van der Waals surface area contributed by atoms with E-state index >= 15 is 0 Å². The Morgan fingerprint density at radius 3 is 2.38 bits per heavy atom. The second-order valence-corrected chi connectivity index (χ2v) is 14.9. The summed E-state index contributed by atoms with van der Waals surface area (Å²) >= 11 is 2.62. The van der Waals surface area contributed by atoms with Crippen LogP contribution in [0.1, 0.15) is 33.9 Å². The van der Waals surface area contributed by atoms with E-state index in [-0.39, 0.29) is 46.3 Å². The predicted molar refractivity (Wildman–Crippen MR) is 174 cm³/mol. The van der Waals surface area contributed by atoms with Crippen molar-refractivity contribution in [1.82, 2.24) is 4.98 Å². The number of alkyl halides is 3. The molecule has 4 aliphatic rings. The van der Waals surface area contributed by atoms with Crippen LogP contribution in [0, 0.1) is 36.5 Å². The fourth-order valence-electron chi connectivity index (χ4n) is 8.36. The number of rotatable bonds is 6. The van der Waals surface area contributed by atoms with E-state index < -0.39 is 41.1 Å². The molecule has 3 fully saturated rings. The lowest BCUT2D eigenvalue weighted by Gasteiger charge is -2.43. The Hall–Kier alpha value is -4.36. The van der Waals surface area contributed by atoms with E-state index in [0.29, 0.717) is 17.9 Å². The number of carbonyl (C=O) groups excluding carboxylic acids is 3. The molecule has 0 spiro atoms. The number of amides is 3. The van der Waals surface area contributed by atoms with Gasteiger partial charge >= 0.3 is 11.0 Å². The van der Waals surface area contributed by atoms with Crippen molar-refractivity contribution in [1.29, 1.82) is 0 Å². The van der Waals surface area contributed by atoms with Gasteiger partial charge in [-0.15, -0.1) is 11.8 Å². The number of H-pyrrole nitrogens is 1. The highest BCUT2D eigenvalue weighted by atomic mass is 32.2. The van der Waals surface area contributed by atoms with E-state index in [2.05, 4.69) is 10.3 Å². The van der Waals surface area contributed by atoms with E-state index in [1.807, 2.05) is 43.3 Å². The fourth-order valence-corrected chi connectivity index (χ4v) is 11.2. The molecule has 0 radical (unpaired) electrons. The van der Waals surface area contributed by atoms with Gasteiger partial charge in [-0.25, -0.2) is 4.90 Å². The number of thioether (sulfide) groups is 1. The normalized spacial score (nSPS) is 27.1. The predicted octanol–water partition coefficient (Wildman–Crippen LogP) is 6.46. The number of nitrogens with one attached hydrogen (secondary N) is 2. The Morgan fingerprint density at radius 1 is 0.958 bits per heavy atom. The molecule has 3 heterocycles. The number of para-hydroxylation sites is 2. The molecule has 4 aromatic rings. The number of anilines is 2. The van der Waals surface area contributed by atoms with E-state index in [4.69, 9.17) is 4.74 Å². The Morgan fingerprint density at radius 2 is 1.65 bits per heavy atom. The first kappa shape index (κ1) is 30.9. The number of benzene rings is 3. The maximum Gasteiger partial charge on any atom is 0.418 e. The van der Waals surface area contributed by atoms with Gasteiger partial charge in [0, 0.05) is 21.7 Å². The first-order valence-electron chi connectivity index (χ1n) is 15.5. The van der Waals surface area contributed by atoms with Crippen LogP contribution in [0.5, 0.6) is 5.75 Å². The largest absolute Gasteiger partial charge is 0.484 e. The number of thiazole rings is 1. The molecule has 3 amide bonds. The zero-order valence-electron chi connectivity index (χ0n) is 25.3. The van der Waals surface area contributed by atoms with Gasteiger partial charge < -0.3 is 15.0 Å². The summed E-state index contributed by atoms with van der Waals surface area (Å²) in [4.78, 5) is 57.3. The van der Waals surface area contributed by atoms with Gasteiger partial charge in [0.1, 0.15) is 5.75 Å². The molecule has 8 rings (SSSR count). The average molecular weight is 692 g/mol. The average Bonchev–Trinajstić information content (AvgIpc) is 3.80. The third-order valence-electron chi connectivity index (χ3n) is 10.2. The van der Waals surface area contributed by atoms with Crippen LogP contribution in [-0.4, -0.2) is 34.6 Å². The zero-order valence-corrected chi connectivity index (χ0v) is 27.0. The molecule has 13 heteroatoms. The lowest BCUT2D eigenvalue weighted by molar-refractivity contribution is -0.137. The second-order valence-electron chi connectivity index (χ2n) is 12.7.